The highest BCUT2D eigenvalue weighted by atomic mass is 16.5. The van der Waals surface area contributed by atoms with E-state index in [1.165, 1.54) is 12.8 Å². The minimum absolute atomic E-state index is 0.408. The summed E-state index contributed by atoms with van der Waals surface area (Å²) in [6.45, 7) is 1.90. The van der Waals surface area contributed by atoms with Crippen molar-refractivity contribution in [1.29, 1.82) is 0 Å². The number of aromatic nitrogens is 4. The lowest BCUT2D eigenvalue weighted by atomic mass is 10.2. The van der Waals surface area contributed by atoms with Crippen molar-refractivity contribution in [2.45, 2.75) is 31.3 Å². The summed E-state index contributed by atoms with van der Waals surface area (Å²) in [7, 11) is 1.64. The first-order valence-corrected chi connectivity index (χ1v) is 9.43. The van der Waals surface area contributed by atoms with E-state index in [2.05, 4.69) is 24.8 Å². The van der Waals surface area contributed by atoms with E-state index >= 15 is 0 Å². The van der Waals surface area contributed by atoms with Crippen molar-refractivity contribution in [2.24, 2.45) is 0 Å². The lowest BCUT2D eigenvalue weighted by molar-refractivity contribution is 0.396. The van der Waals surface area contributed by atoms with Gasteiger partial charge in [-0.05, 0) is 31.4 Å². The average Bonchev–Trinajstić information content (AvgIpc) is 3.44. The Hall–Kier alpha value is -2.96. The number of fused-ring (bicyclic) bond motifs is 1. The van der Waals surface area contributed by atoms with Crippen molar-refractivity contribution < 1.29 is 4.74 Å². The second kappa shape index (κ2) is 6.64. The molecule has 1 saturated carbocycles. The zero-order valence-corrected chi connectivity index (χ0v) is 15.3. The van der Waals surface area contributed by atoms with Crippen LogP contribution >= 0.6 is 0 Å². The van der Waals surface area contributed by atoms with Crippen molar-refractivity contribution in [3.05, 3.63) is 42.9 Å². The summed E-state index contributed by atoms with van der Waals surface area (Å²) in [5.41, 5.74) is 1.88. The zero-order chi connectivity index (χ0) is 18.2. The van der Waals surface area contributed by atoms with Gasteiger partial charge in [0, 0.05) is 31.2 Å². The van der Waals surface area contributed by atoms with Gasteiger partial charge in [-0.15, -0.1) is 0 Å². The maximum absolute atomic E-state index is 5.29. The minimum Gasteiger partial charge on any atom is -0.481 e. The molecular weight excluding hydrogens is 340 g/mol. The second-order valence-corrected chi connectivity index (χ2v) is 7.16. The third-order valence-corrected chi connectivity index (χ3v) is 5.36. The Bertz CT molecular complexity index is 960. The third kappa shape index (κ3) is 3.13. The van der Waals surface area contributed by atoms with E-state index in [-0.39, 0.29) is 0 Å². The smallest absolute Gasteiger partial charge is 0.218 e. The Labute approximate surface area is 158 Å². The van der Waals surface area contributed by atoms with Gasteiger partial charge in [0.1, 0.15) is 18.0 Å². The molecule has 138 valence electrons. The summed E-state index contributed by atoms with van der Waals surface area (Å²) in [5, 5.41) is 0. The van der Waals surface area contributed by atoms with Crippen molar-refractivity contribution >= 4 is 22.7 Å². The van der Waals surface area contributed by atoms with E-state index in [1.807, 2.05) is 36.5 Å². The Morgan fingerprint density at radius 2 is 1.89 bits per heavy atom. The number of ether oxygens (including phenoxy) is 1. The molecular formula is C20H22N6O. The molecule has 2 aliphatic rings. The van der Waals surface area contributed by atoms with Gasteiger partial charge in [0.25, 0.3) is 0 Å². The van der Waals surface area contributed by atoms with Crippen LogP contribution in [0.4, 0.5) is 11.6 Å². The number of rotatable bonds is 5. The van der Waals surface area contributed by atoms with Gasteiger partial charge in [-0.2, -0.15) is 0 Å². The molecule has 2 fully saturated rings. The van der Waals surface area contributed by atoms with Crippen LogP contribution in [0.3, 0.4) is 0 Å². The Morgan fingerprint density at radius 1 is 1.04 bits per heavy atom. The highest BCUT2D eigenvalue weighted by Crippen LogP contribution is 2.36. The summed E-state index contributed by atoms with van der Waals surface area (Å²) in [6, 6.07) is 10.9. The zero-order valence-electron chi connectivity index (χ0n) is 15.3. The number of anilines is 2. The molecule has 1 saturated heterocycles. The molecule has 0 amide bonds. The molecule has 1 aliphatic carbocycles. The fraction of sp³-hybridized carbons (Fsp3) is 0.400. The lowest BCUT2D eigenvalue weighted by Gasteiger charge is -2.30. The van der Waals surface area contributed by atoms with E-state index in [0.717, 1.165) is 42.2 Å². The van der Waals surface area contributed by atoms with E-state index in [9.17, 15) is 0 Å². The molecule has 0 radical (unpaired) electrons. The topological polar surface area (TPSA) is 67.3 Å². The highest BCUT2D eigenvalue weighted by molar-refractivity contribution is 5.75. The number of nitrogens with zero attached hydrogens (tertiary/aromatic N) is 6. The van der Waals surface area contributed by atoms with Crippen LogP contribution in [0, 0.1) is 0 Å². The molecule has 0 bridgehead atoms. The summed E-state index contributed by atoms with van der Waals surface area (Å²) in [5.74, 6) is 2.52. The third-order valence-electron chi connectivity index (χ3n) is 5.36. The lowest BCUT2D eigenvalue weighted by Crippen LogP contribution is -2.40. The fourth-order valence-electron chi connectivity index (χ4n) is 3.88. The maximum Gasteiger partial charge on any atom is 0.218 e. The molecule has 1 unspecified atom stereocenters. The first kappa shape index (κ1) is 16.2. The van der Waals surface area contributed by atoms with E-state index < -0.39 is 0 Å². The number of methoxy groups -OCH3 is 1. The predicted molar refractivity (Wildman–Crippen MR) is 104 cm³/mol. The van der Waals surface area contributed by atoms with E-state index in [4.69, 9.17) is 9.72 Å². The molecule has 2 aromatic heterocycles. The summed E-state index contributed by atoms with van der Waals surface area (Å²) >= 11 is 0. The molecule has 0 N–H and O–H groups in total. The van der Waals surface area contributed by atoms with Gasteiger partial charge >= 0.3 is 0 Å². The predicted octanol–water partition coefficient (Wildman–Crippen LogP) is 2.68. The van der Waals surface area contributed by atoms with Crippen molar-refractivity contribution in [3.63, 3.8) is 0 Å². The molecule has 3 heterocycles. The number of hydrogen-bond acceptors (Lipinski definition) is 7. The van der Waals surface area contributed by atoms with Gasteiger partial charge in [0.15, 0.2) is 0 Å². The molecule has 7 nitrogen and oxygen atoms in total. The molecule has 0 spiro atoms. The highest BCUT2D eigenvalue weighted by Gasteiger charge is 2.38. The first-order chi connectivity index (χ1) is 13.3. The monoisotopic (exact) mass is 362 g/mol. The van der Waals surface area contributed by atoms with Crippen LogP contribution in [-0.4, -0.2) is 52.2 Å². The van der Waals surface area contributed by atoms with Crippen LogP contribution in [-0.2, 0) is 0 Å². The van der Waals surface area contributed by atoms with Crippen LogP contribution < -0.4 is 14.5 Å². The van der Waals surface area contributed by atoms with Crippen molar-refractivity contribution in [3.8, 4) is 5.88 Å². The summed E-state index contributed by atoms with van der Waals surface area (Å²) in [4.78, 5) is 22.8. The van der Waals surface area contributed by atoms with Gasteiger partial charge in [-0.25, -0.2) is 15.0 Å². The molecule has 27 heavy (non-hydrogen) atoms. The van der Waals surface area contributed by atoms with E-state index in [1.54, 1.807) is 13.4 Å². The van der Waals surface area contributed by atoms with Gasteiger partial charge in [-0.1, -0.05) is 12.1 Å². The van der Waals surface area contributed by atoms with Crippen molar-refractivity contribution in [1.82, 2.24) is 19.9 Å². The first-order valence-electron chi connectivity index (χ1n) is 9.43. The molecule has 1 atom stereocenters. The normalized spacial score (nSPS) is 19.4. The number of hydrogen-bond donors (Lipinski definition) is 0. The fourth-order valence-corrected chi connectivity index (χ4v) is 3.88. The summed E-state index contributed by atoms with van der Waals surface area (Å²) in [6.07, 6.45) is 7.00. The maximum atomic E-state index is 5.29. The quantitative estimate of drug-likeness (QED) is 0.691. The van der Waals surface area contributed by atoms with Crippen LogP contribution in [0.1, 0.15) is 19.3 Å². The molecule has 1 aliphatic heterocycles. The Kier molecular flexibility index (Phi) is 3.99. The SMILES string of the molecule is COc1cc(N(C2CC2)C2CCN(c3cnc4ccccc4n3)C2)ncn1. The standard InChI is InChI=1S/C20H22N6O/c1-27-20-10-18(22-13-23-20)26(14-6-7-14)15-8-9-25(12-15)19-11-21-16-4-2-3-5-17(16)24-19/h2-5,10-11,13-15H,6-9,12H2,1H3. The Balaban J connectivity index is 1.39. The van der Waals surface area contributed by atoms with Gasteiger partial charge < -0.3 is 14.5 Å². The largest absolute Gasteiger partial charge is 0.481 e. The summed E-state index contributed by atoms with van der Waals surface area (Å²) < 4.78 is 5.29. The van der Waals surface area contributed by atoms with Gasteiger partial charge in [-0.3, -0.25) is 4.98 Å². The minimum atomic E-state index is 0.408. The van der Waals surface area contributed by atoms with Crippen molar-refractivity contribution in [2.75, 3.05) is 30.0 Å². The van der Waals surface area contributed by atoms with Gasteiger partial charge in [0.2, 0.25) is 5.88 Å². The van der Waals surface area contributed by atoms with Crippen LogP contribution in [0.5, 0.6) is 5.88 Å². The van der Waals surface area contributed by atoms with Crippen LogP contribution in [0.2, 0.25) is 0 Å². The average molecular weight is 362 g/mol. The number of para-hydroxylation sites is 2. The van der Waals surface area contributed by atoms with E-state index in [0.29, 0.717) is 18.0 Å². The number of benzene rings is 1. The molecule has 3 aromatic rings. The molecule has 7 heteroatoms. The van der Waals surface area contributed by atoms with Crippen LogP contribution in [0.15, 0.2) is 42.9 Å². The second-order valence-electron chi connectivity index (χ2n) is 7.16. The van der Waals surface area contributed by atoms with Crippen LogP contribution in [0.25, 0.3) is 11.0 Å². The Morgan fingerprint density at radius 3 is 2.70 bits per heavy atom. The molecule has 5 rings (SSSR count). The van der Waals surface area contributed by atoms with Gasteiger partial charge in [0.05, 0.1) is 24.3 Å². The molecule has 1 aromatic carbocycles.